The molecule has 0 fully saturated rings. The second-order valence-electron chi connectivity index (χ2n) is 4.17. The highest BCUT2D eigenvalue weighted by Crippen LogP contribution is 2.08. The predicted molar refractivity (Wildman–Crippen MR) is 65.1 cm³/mol. The van der Waals surface area contributed by atoms with E-state index in [-0.39, 0.29) is 11.9 Å². The maximum atomic E-state index is 11.5. The molecule has 0 aliphatic rings. The van der Waals surface area contributed by atoms with E-state index in [1.54, 1.807) is 12.4 Å². The van der Waals surface area contributed by atoms with Gasteiger partial charge in [-0.2, -0.15) is 0 Å². The summed E-state index contributed by atoms with van der Waals surface area (Å²) in [6, 6.07) is 2.06. The predicted octanol–water partition coefficient (Wildman–Crippen LogP) is 1.85. The van der Waals surface area contributed by atoms with Crippen molar-refractivity contribution in [2.45, 2.75) is 39.2 Å². The Hall–Kier alpha value is -1.42. The van der Waals surface area contributed by atoms with Gasteiger partial charge in [-0.25, -0.2) is 0 Å². The lowest BCUT2D eigenvalue weighted by Crippen LogP contribution is -2.16. The molecule has 4 nitrogen and oxygen atoms in total. The van der Waals surface area contributed by atoms with E-state index in [4.69, 9.17) is 5.73 Å². The largest absolute Gasteiger partial charge is 0.328 e. The molecule has 4 heteroatoms. The Balaban J connectivity index is 2.34. The van der Waals surface area contributed by atoms with Gasteiger partial charge in [0.25, 0.3) is 0 Å². The molecule has 0 bridgehead atoms. The van der Waals surface area contributed by atoms with Gasteiger partial charge in [0, 0.05) is 18.7 Å². The molecule has 0 spiro atoms. The van der Waals surface area contributed by atoms with Crippen molar-refractivity contribution >= 4 is 11.6 Å². The van der Waals surface area contributed by atoms with E-state index >= 15 is 0 Å². The summed E-state index contributed by atoms with van der Waals surface area (Å²) in [5.74, 6) is 0.0213. The van der Waals surface area contributed by atoms with Gasteiger partial charge in [0.15, 0.2) is 0 Å². The van der Waals surface area contributed by atoms with E-state index < -0.39 is 0 Å². The highest BCUT2D eigenvalue weighted by atomic mass is 16.1. The van der Waals surface area contributed by atoms with Crippen LogP contribution in [0, 0.1) is 6.92 Å². The smallest absolute Gasteiger partial charge is 0.224 e. The summed E-state index contributed by atoms with van der Waals surface area (Å²) in [5, 5.41) is 2.81. The van der Waals surface area contributed by atoms with Crippen molar-refractivity contribution in [3.05, 3.63) is 24.0 Å². The standard InChI is InChI=1S/C12H19N3O/c1-9-6-11(8-14-7-9)15-12(16)5-3-4-10(2)13/h6-8,10H,3-5,13H2,1-2H3,(H,15,16). The van der Waals surface area contributed by atoms with Crippen LogP contribution in [0.15, 0.2) is 18.5 Å². The third kappa shape index (κ3) is 4.89. The molecule has 1 aromatic rings. The first-order valence-electron chi connectivity index (χ1n) is 5.55. The van der Waals surface area contributed by atoms with Crippen LogP contribution in [0.1, 0.15) is 31.7 Å². The summed E-state index contributed by atoms with van der Waals surface area (Å²) in [4.78, 5) is 15.5. The van der Waals surface area contributed by atoms with Gasteiger partial charge in [-0.05, 0) is 38.3 Å². The van der Waals surface area contributed by atoms with Crippen LogP contribution in [-0.4, -0.2) is 16.9 Å². The number of nitrogens with zero attached hydrogens (tertiary/aromatic N) is 1. The number of hydrogen-bond acceptors (Lipinski definition) is 3. The second kappa shape index (κ2) is 6.23. The minimum Gasteiger partial charge on any atom is -0.328 e. The maximum absolute atomic E-state index is 11.5. The number of aryl methyl sites for hydroxylation is 1. The molecule has 3 N–H and O–H groups in total. The molecule has 0 aliphatic carbocycles. The van der Waals surface area contributed by atoms with E-state index in [0.29, 0.717) is 6.42 Å². The van der Waals surface area contributed by atoms with Gasteiger partial charge in [0.2, 0.25) is 5.91 Å². The Morgan fingerprint density at radius 3 is 2.94 bits per heavy atom. The Bertz CT molecular complexity index is 350. The third-order valence-electron chi connectivity index (χ3n) is 2.22. The SMILES string of the molecule is Cc1cncc(NC(=O)CCCC(C)N)c1. The number of pyridine rings is 1. The average Bonchev–Trinajstić information content (AvgIpc) is 2.16. The zero-order chi connectivity index (χ0) is 12.0. The lowest BCUT2D eigenvalue weighted by atomic mass is 10.1. The summed E-state index contributed by atoms with van der Waals surface area (Å²) >= 11 is 0. The van der Waals surface area contributed by atoms with Crippen LogP contribution >= 0.6 is 0 Å². The number of anilines is 1. The molecule has 1 heterocycles. The second-order valence-corrected chi connectivity index (χ2v) is 4.17. The van der Waals surface area contributed by atoms with Crippen molar-refractivity contribution in [1.29, 1.82) is 0 Å². The van der Waals surface area contributed by atoms with Crippen LogP contribution in [-0.2, 0) is 4.79 Å². The molecular weight excluding hydrogens is 202 g/mol. The Morgan fingerprint density at radius 1 is 1.56 bits per heavy atom. The van der Waals surface area contributed by atoms with E-state index in [1.165, 1.54) is 0 Å². The lowest BCUT2D eigenvalue weighted by Gasteiger charge is -2.06. The summed E-state index contributed by atoms with van der Waals surface area (Å²) in [6.45, 7) is 3.89. The number of carbonyl (C=O) groups excluding carboxylic acids is 1. The first-order chi connectivity index (χ1) is 7.58. The molecule has 0 saturated carbocycles. The normalized spacial score (nSPS) is 12.2. The first kappa shape index (κ1) is 12.6. The Labute approximate surface area is 96.3 Å². The summed E-state index contributed by atoms with van der Waals surface area (Å²) in [6.07, 6.45) is 5.61. The number of rotatable bonds is 5. The molecule has 88 valence electrons. The number of nitrogens with two attached hydrogens (primary N) is 1. The van der Waals surface area contributed by atoms with Crippen molar-refractivity contribution in [1.82, 2.24) is 4.98 Å². The molecular formula is C12H19N3O. The maximum Gasteiger partial charge on any atom is 0.224 e. The van der Waals surface area contributed by atoms with Gasteiger partial charge in [0.1, 0.15) is 0 Å². The number of nitrogens with one attached hydrogen (secondary N) is 1. The molecule has 1 atom stereocenters. The van der Waals surface area contributed by atoms with Crippen molar-refractivity contribution in [2.24, 2.45) is 5.73 Å². The van der Waals surface area contributed by atoms with Gasteiger partial charge in [-0.1, -0.05) is 0 Å². The van der Waals surface area contributed by atoms with Crippen molar-refractivity contribution < 1.29 is 4.79 Å². The molecule has 1 amide bonds. The van der Waals surface area contributed by atoms with Crippen LogP contribution in [0.4, 0.5) is 5.69 Å². The number of hydrogen-bond donors (Lipinski definition) is 2. The van der Waals surface area contributed by atoms with Gasteiger partial charge in [-0.15, -0.1) is 0 Å². The quantitative estimate of drug-likeness (QED) is 0.797. The minimum atomic E-state index is 0.0213. The van der Waals surface area contributed by atoms with Gasteiger partial charge in [0.05, 0.1) is 11.9 Å². The molecule has 0 aromatic carbocycles. The Kier molecular flexibility index (Phi) is 4.92. The lowest BCUT2D eigenvalue weighted by molar-refractivity contribution is -0.116. The van der Waals surface area contributed by atoms with Crippen molar-refractivity contribution in [2.75, 3.05) is 5.32 Å². The van der Waals surface area contributed by atoms with Crippen LogP contribution in [0.25, 0.3) is 0 Å². The molecule has 0 aliphatic heterocycles. The summed E-state index contributed by atoms with van der Waals surface area (Å²) in [5.41, 5.74) is 7.40. The van der Waals surface area contributed by atoms with Gasteiger partial charge < -0.3 is 11.1 Å². The average molecular weight is 221 g/mol. The molecule has 0 saturated heterocycles. The fourth-order valence-electron chi connectivity index (χ4n) is 1.43. The summed E-state index contributed by atoms with van der Waals surface area (Å²) in [7, 11) is 0. The minimum absolute atomic E-state index is 0.0213. The zero-order valence-electron chi connectivity index (χ0n) is 9.86. The highest BCUT2D eigenvalue weighted by molar-refractivity contribution is 5.90. The summed E-state index contributed by atoms with van der Waals surface area (Å²) < 4.78 is 0. The van der Waals surface area contributed by atoms with E-state index in [0.717, 1.165) is 24.1 Å². The highest BCUT2D eigenvalue weighted by Gasteiger charge is 2.03. The molecule has 1 unspecified atom stereocenters. The molecule has 16 heavy (non-hydrogen) atoms. The van der Waals surface area contributed by atoms with Crippen LogP contribution < -0.4 is 11.1 Å². The van der Waals surface area contributed by atoms with Crippen molar-refractivity contribution in [3.8, 4) is 0 Å². The third-order valence-corrected chi connectivity index (χ3v) is 2.22. The van der Waals surface area contributed by atoms with Crippen molar-refractivity contribution in [3.63, 3.8) is 0 Å². The van der Waals surface area contributed by atoms with Crippen LogP contribution in [0.5, 0.6) is 0 Å². The Morgan fingerprint density at radius 2 is 2.31 bits per heavy atom. The molecule has 0 radical (unpaired) electrons. The van der Waals surface area contributed by atoms with Crippen LogP contribution in [0.3, 0.4) is 0 Å². The van der Waals surface area contributed by atoms with Gasteiger partial charge >= 0.3 is 0 Å². The van der Waals surface area contributed by atoms with E-state index in [2.05, 4.69) is 10.3 Å². The number of aromatic nitrogens is 1. The van der Waals surface area contributed by atoms with Gasteiger partial charge in [-0.3, -0.25) is 9.78 Å². The van der Waals surface area contributed by atoms with E-state index in [9.17, 15) is 4.79 Å². The number of carbonyl (C=O) groups is 1. The molecule has 1 rings (SSSR count). The van der Waals surface area contributed by atoms with E-state index in [1.807, 2.05) is 19.9 Å². The van der Waals surface area contributed by atoms with Crippen LogP contribution in [0.2, 0.25) is 0 Å². The first-order valence-corrected chi connectivity index (χ1v) is 5.55. The fraction of sp³-hybridized carbons (Fsp3) is 0.500. The topological polar surface area (TPSA) is 68.0 Å². The molecule has 1 aromatic heterocycles. The zero-order valence-corrected chi connectivity index (χ0v) is 9.86. The fourth-order valence-corrected chi connectivity index (χ4v) is 1.43. The monoisotopic (exact) mass is 221 g/mol. The number of amides is 1.